The molecule has 0 bridgehead atoms. The van der Waals surface area contributed by atoms with Gasteiger partial charge in [-0.2, -0.15) is 0 Å². The Morgan fingerprint density at radius 3 is 2.02 bits per heavy atom. The monoisotopic (exact) mass is 812 g/mol. The maximum atomic E-state index is 13.1. The molecule has 2 aliphatic heterocycles. The van der Waals surface area contributed by atoms with Crippen LogP contribution in [-0.4, -0.2) is 66.1 Å². The van der Waals surface area contributed by atoms with Crippen LogP contribution >= 0.6 is 11.3 Å². The van der Waals surface area contributed by atoms with E-state index in [0.29, 0.717) is 37.5 Å². The van der Waals surface area contributed by atoms with E-state index in [2.05, 4.69) is 16.0 Å². The second-order valence-electron chi connectivity index (χ2n) is 14.5. The van der Waals surface area contributed by atoms with E-state index in [0.717, 1.165) is 64.3 Å². The summed E-state index contributed by atoms with van der Waals surface area (Å²) in [5, 5.41) is 19.7. The summed E-state index contributed by atoms with van der Waals surface area (Å²) in [5.41, 5.74) is 4.75. The fourth-order valence-electron chi connectivity index (χ4n) is 6.70. The molecule has 0 fully saturated rings. The van der Waals surface area contributed by atoms with Crippen molar-refractivity contribution in [2.45, 2.75) is 90.4 Å². The molecule has 6 rings (SSSR count). The molecule has 2 aliphatic rings. The van der Waals surface area contributed by atoms with Gasteiger partial charge in [-0.05, 0) is 90.4 Å². The smallest absolute Gasteiger partial charge is 0.413 e. The summed E-state index contributed by atoms with van der Waals surface area (Å²) in [7, 11) is 1.72. The van der Waals surface area contributed by atoms with E-state index in [1.54, 1.807) is 47.5 Å². The van der Waals surface area contributed by atoms with E-state index in [1.807, 2.05) is 67.8 Å². The minimum Gasteiger partial charge on any atom is -0.493 e. The molecule has 3 heterocycles. The molecule has 1 aromatic heterocycles. The molecule has 0 spiro atoms. The molecule has 4 aromatic rings. The van der Waals surface area contributed by atoms with Crippen molar-refractivity contribution < 1.29 is 43.3 Å². The highest BCUT2D eigenvalue weighted by molar-refractivity contribution is 7.09. The number of likely N-dealkylation sites (N-methyl/N-ethyl adjacent to an activating group) is 1. The predicted octanol–water partition coefficient (Wildman–Crippen LogP) is 7.45. The Hall–Kier alpha value is -5.89. The first kappa shape index (κ1) is 43.2. The van der Waals surface area contributed by atoms with Gasteiger partial charge < -0.3 is 40.2 Å². The summed E-state index contributed by atoms with van der Waals surface area (Å²) in [6.07, 6.45) is 3.14. The van der Waals surface area contributed by atoms with E-state index < -0.39 is 36.2 Å². The van der Waals surface area contributed by atoms with Crippen LogP contribution in [0.1, 0.15) is 90.7 Å². The average Bonchev–Trinajstić information content (AvgIpc) is 3.99. The SMILES string of the molecule is CC(=O)C[C@H](NC(=O)Oc1ccc(C)cc1)c1ccc2c(c1)CCO2.CCCC[C@H](NC(=O)N[C@@H](CC(=O)O)c1ccc2c(c1)CCO2)C(=O)N(C)Cc1cccs1. The van der Waals surface area contributed by atoms with Crippen LogP contribution in [0.25, 0.3) is 0 Å². The third kappa shape index (κ3) is 12.8. The number of carboxylic acids is 1. The minimum atomic E-state index is -1.02. The second-order valence-corrected chi connectivity index (χ2v) is 15.5. The molecule has 0 saturated heterocycles. The lowest BCUT2D eigenvalue weighted by molar-refractivity contribution is -0.137. The number of nitrogens with one attached hydrogen (secondary N) is 3. The van der Waals surface area contributed by atoms with Crippen molar-refractivity contribution >= 4 is 41.1 Å². The molecule has 0 saturated carbocycles. The number of amides is 4. The number of nitrogens with zero attached hydrogens (tertiary/aromatic N) is 1. The Kier molecular flexibility index (Phi) is 15.7. The van der Waals surface area contributed by atoms with Crippen LogP contribution in [0.4, 0.5) is 9.59 Å². The Morgan fingerprint density at radius 2 is 1.47 bits per heavy atom. The number of aliphatic carboxylic acids is 1. The highest BCUT2D eigenvalue weighted by Crippen LogP contribution is 2.31. The van der Waals surface area contributed by atoms with Gasteiger partial charge in [-0.25, -0.2) is 9.59 Å². The summed E-state index contributed by atoms with van der Waals surface area (Å²) in [5.74, 6) is 0.927. The Balaban J connectivity index is 0.000000229. The number of carbonyl (C=O) groups is 5. The molecule has 0 unspecified atom stereocenters. The Bertz CT molecular complexity index is 2040. The van der Waals surface area contributed by atoms with Gasteiger partial charge in [0.15, 0.2) is 0 Å². The summed E-state index contributed by atoms with van der Waals surface area (Å²) in [4.78, 5) is 63.9. The van der Waals surface area contributed by atoms with Crippen molar-refractivity contribution in [2.24, 2.45) is 0 Å². The van der Waals surface area contributed by atoms with Crippen LogP contribution in [0, 0.1) is 6.92 Å². The molecule has 58 heavy (non-hydrogen) atoms. The van der Waals surface area contributed by atoms with E-state index in [9.17, 15) is 29.1 Å². The summed E-state index contributed by atoms with van der Waals surface area (Å²) in [6.45, 7) is 7.23. The van der Waals surface area contributed by atoms with E-state index >= 15 is 0 Å². The van der Waals surface area contributed by atoms with Crippen molar-refractivity contribution in [3.8, 4) is 17.2 Å². The number of ether oxygens (including phenoxy) is 3. The van der Waals surface area contributed by atoms with Gasteiger partial charge in [-0.15, -0.1) is 11.3 Å². The van der Waals surface area contributed by atoms with Crippen molar-refractivity contribution in [2.75, 3.05) is 20.3 Å². The number of fused-ring (bicyclic) bond motifs is 2. The summed E-state index contributed by atoms with van der Waals surface area (Å²) >= 11 is 1.57. The first-order valence-corrected chi connectivity index (χ1v) is 20.4. The lowest BCUT2D eigenvalue weighted by Gasteiger charge is -2.26. The lowest BCUT2D eigenvalue weighted by atomic mass is 9.99. The number of hydrogen-bond acceptors (Lipinski definition) is 9. The van der Waals surface area contributed by atoms with Gasteiger partial charge in [0.2, 0.25) is 5.91 Å². The number of rotatable bonds is 16. The molecular formula is C44H52N4O9S. The van der Waals surface area contributed by atoms with Gasteiger partial charge in [-0.1, -0.05) is 55.7 Å². The normalized spacial score (nSPS) is 13.8. The van der Waals surface area contributed by atoms with Crippen molar-refractivity contribution in [3.05, 3.63) is 111 Å². The van der Waals surface area contributed by atoms with E-state index in [-0.39, 0.29) is 24.5 Å². The number of unbranched alkanes of at least 4 members (excludes halogenated alkanes) is 1. The van der Waals surface area contributed by atoms with Crippen LogP contribution < -0.4 is 30.2 Å². The maximum Gasteiger partial charge on any atom is 0.413 e. The van der Waals surface area contributed by atoms with Crippen molar-refractivity contribution in [1.82, 2.24) is 20.9 Å². The Labute approximate surface area is 343 Å². The summed E-state index contributed by atoms with van der Waals surface area (Å²) < 4.78 is 16.3. The maximum absolute atomic E-state index is 13.1. The number of thiophene rings is 1. The molecule has 0 radical (unpaired) electrons. The molecule has 308 valence electrons. The third-order valence-electron chi connectivity index (χ3n) is 9.73. The number of hydrogen-bond donors (Lipinski definition) is 4. The zero-order valence-corrected chi connectivity index (χ0v) is 34.2. The molecular weight excluding hydrogens is 761 g/mol. The Morgan fingerprint density at radius 1 is 0.845 bits per heavy atom. The predicted molar refractivity (Wildman–Crippen MR) is 220 cm³/mol. The molecule has 0 aliphatic carbocycles. The minimum absolute atomic E-state index is 0.00242. The first-order chi connectivity index (χ1) is 27.9. The number of urea groups is 1. The quantitative estimate of drug-likeness (QED) is 0.0897. The van der Waals surface area contributed by atoms with Crippen LogP contribution in [0.3, 0.4) is 0 Å². The second kappa shape index (κ2) is 21.0. The van der Waals surface area contributed by atoms with Gasteiger partial charge in [0.05, 0.1) is 38.3 Å². The summed E-state index contributed by atoms with van der Waals surface area (Å²) in [6, 6.07) is 19.9. The van der Waals surface area contributed by atoms with Gasteiger partial charge in [0, 0.05) is 31.2 Å². The number of Topliss-reactive ketones (excluding diaryl/α,β-unsaturated/α-hetero) is 1. The lowest BCUT2D eigenvalue weighted by Crippen LogP contribution is -2.51. The average molecular weight is 813 g/mol. The molecule has 13 nitrogen and oxygen atoms in total. The topological polar surface area (TPSA) is 173 Å². The standard InChI is InChI=1S/C24H31N3O5S.C20H21NO4/c1-3-4-7-19(23(30)27(2)15-18-6-5-12-33-18)25-24(31)26-20(14-22(28)29)16-8-9-21-17(13-16)10-11-32-21;1-13-3-6-17(7-4-13)25-20(23)21-18(11-14(2)22)15-5-8-19-16(12-15)9-10-24-19/h5-6,8-9,12-13,19-20H,3-4,7,10-11,14-15H2,1-2H3,(H,28,29)(H2,25,26,31);3-8,12,18H,9-11H2,1-2H3,(H,21,23)/t19-,20-;18-/m00/s1. The van der Waals surface area contributed by atoms with Crippen LogP contribution in [0.15, 0.2) is 78.2 Å². The number of carbonyl (C=O) groups excluding carboxylic acids is 4. The van der Waals surface area contributed by atoms with Gasteiger partial charge in [0.1, 0.15) is 29.1 Å². The molecule has 3 atom stereocenters. The number of aryl methyl sites for hydroxylation is 1. The number of ketones is 1. The van der Waals surface area contributed by atoms with Gasteiger partial charge >= 0.3 is 18.1 Å². The first-order valence-electron chi connectivity index (χ1n) is 19.5. The fourth-order valence-corrected chi connectivity index (χ4v) is 7.46. The zero-order chi connectivity index (χ0) is 41.6. The fraction of sp³-hybridized carbons (Fsp3) is 0.386. The molecule has 3 aromatic carbocycles. The molecule has 14 heteroatoms. The van der Waals surface area contributed by atoms with Gasteiger partial charge in [-0.3, -0.25) is 14.4 Å². The van der Waals surface area contributed by atoms with Crippen LogP contribution in [0.5, 0.6) is 17.2 Å². The van der Waals surface area contributed by atoms with Gasteiger partial charge in [0.25, 0.3) is 0 Å². The van der Waals surface area contributed by atoms with E-state index in [4.69, 9.17) is 14.2 Å². The highest BCUT2D eigenvalue weighted by Gasteiger charge is 2.27. The molecule has 4 amide bonds. The van der Waals surface area contributed by atoms with Crippen LogP contribution in [0.2, 0.25) is 0 Å². The highest BCUT2D eigenvalue weighted by atomic mass is 32.1. The third-order valence-corrected chi connectivity index (χ3v) is 10.6. The number of benzene rings is 3. The number of carboxylic acid groups (broad SMARTS) is 1. The van der Waals surface area contributed by atoms with E-state index in [1.165, 1.54) is 6.92 Å². The van der Waals surface area contributed by atoms with Crippen LogP contribution in [-0.2, 0) is 33.8 Å². The largest absolute Gasteiger partial charge is 0.493 e. The van der Waals surface area contributed by atoms with Crippen molar-refractivity contribution in [1.29, 1.82) is 0 Å². The van der Waals surface area contributed by atoms with Crippen molar-refractivity contribution in [3.63, 3.8) is 0 Å². The molecule has 4 N–H and O–H groups in total. The zero-order valence-electron chi connectivity index (χ0n) is 33.4.